The molecular formula is C22H29N3O3. The molecule has 2 rings (SSSR count). The molecule has 150 valence electrons. The summed E-state index contributed by atoms with van der Waals surface area (Å²) in [4.78, 5) is 16.5. The summed E-state index contributed by atoms with van der Waals surface area (Å²) in [6.07, 6.45) is 0.828. The number of hydrogen-bond donors (Lipinski definition) is 2. The highest BCUT2D eigenvalue weighted by Crippen LogP contribution is 2.14. The Balaban J connectivity index is 1.85. The molecule has 2 aromatic carbocycles. The summed E-state index contributed by atoms with van der Waals surface area (Å²) in [5.41, 5.74) is 8.00. The predicted octanol–water partition coefficient (Wildman–Crippen LogP) is 3.30. The second-order valence-electron chi connectivity index (χ2n) is 7.43. The Hall–Kier alpha value is -3.02. The standard InChI is InChI=1S/C22H29N3O3/c1-22(2,3)28-20(26)18-7-5-6-17(14-18)15-25-21(23)24-13-12-16-8-10-19(27-4)11-9-16/h5-11,14H,12-13,15H2,1-4H3,(H3,23,24,25). The van der Waals surface area contributed by atoms with E-state index in [0.29, 0.717) is 24.6 Å². The number of aliphatic imine (C=N–C) groups is 1. The molecular weight excluding hydrogens is 354 g/mol. The molecule has 0 bridgehead atoms. The zero-order chi connectivity index (χ0) is 20.6. The Labute approximate surface area is 166 Å². The van der Waals surface area contributed by atoms with E-state index in [1.165, 1.54) is 5.56 Å². The van der Waals surface area contributed by atoms with Crippen molar-refractivity contribution in [3.05, 3.63) is 65.2 Å². The Bertz CT molecular complexity index is 809. The third-order valence-corrected chi connectivity index (χ3v) is 3.87. The third kappa shape index (κ3) is 7.31. The smallest absolute Gasteiger partial charge is 0.338 e. The van der Waals surface area contributed by atoms with Crippen molar-refractivity contribution in [3.8, 4) is 5.75 Å². The number of ether oxygens (including phenoxy) is 2. The highest BCUT2D eigenvalue weighted by molar-refractivity contribution is 5.89. The van der Waals surface area contributed by atoms with E-state index in [1.54, 1.807) is 19.2 Å². The van der Waals surface area contributed by atoms with Crippen LogP contribution in [0.1, 0.15) is 42.3 Å². The van der Waals surface area contributed by atoms with Crippen LogP contribution in [0.2, 0.25) is 0 Å². The molecule has 0 aliphatic rings. The first-order chi connectivity index (χ1) is 13.3. The average molecular weight is 383 g/mol. The highest BCUT2D eigenvalue weighted by atomic mass is 16.6. The number of esters is 1. The van der Waals surface area contributed by atoms with E-state index in [-0.39, 0.29) is 5.97 Å². The fourth-order valence-corrected chi connectivity index (χ4v) is 2.49. The van der Waals surface area contributed by atoms with E-state index >= 15 is 0 Å². The van der Waals surface area contributed by atoms with Gasteiger partial charge in [0.25, 0.3) is 0 Å². The minimum Gasteiger partial charge on any atom is -0.497 e. The molecule has 2 aromatic rings. The molecule has 0 aliphatic heterocycles. The number of guanidine groups is 1. The normalized spacial score (nSPS) is 11.8. The largest absolute Gasteiger partial charge is 0.497 e. The van der Waals surface area contributed by atoms with E-state index in [4.69, 9.17) is 15.2 Å². The van der Waals surface area contributed by atoms with Gasteiger partial charge < -0.3 is 20.5 Å². The van der Waals surface area contributed by atoms with Crippen molar-refractivity contribution in [1.29, 1.82) is 0 Å². The predicted molar refractivity (Wildman–Crippen MR) is 112 cm³/mol. The first-order valence-electron chi connectivity index (χ1n) is 9.26. The molecule has 0 radical (unpaired) electrons. The van der Waals surface area contributed by atoms with E-state index in [1.807, 2.05) is 57.2 Å². The van der Waals surface area contributed by atoms with Gasteiger partial charge in [0.1, 0.15) is 11.4 Å². The summed E-state index contributed by atoms with van der Waals surface area (Å²) in [5, 5.41) is 3.10. The van der Waals surface area contributed by atoms with Crippen LogP contribution in [-0.4, -0.2) is 31.2 Å². The van der Waals surface area contributed by atoms with E-state index in [9.17, 15) is 4.79 Å². The fraction of sp³-hybridized carbons (Fsp3) is 0.364. The average Bonchev–Trinajstić information content (AvgIpc) is 2.66. The Kier molecular flexibility index (Phi) is 7.44. The second kappa shape index (κ2) is 9.78. The summed E-state index contributed by atoms with van der Waals surface area (Å²) in [6.45, 7) is 6.60. The van der Waals surface area contributed by atoms with Gasteiger partial charge in [-0.05, 0) is 62.6 Å². The molecule has 0 saturated heterocycles. The number of hydrogen-bond acceptors (Lipinski definition) is 4. The van der Waals surface area contributed by atoms with Crippen molar-refractivity contribution in [1.82, 2.24) is 5.32 Å². The van der Waals surface area contributed by atoms with Crippen LogP contribution in [-0.2, 0) is 17.7 Å². The van der Waals surface area contributed by atoms with Crippen LogP contribution in [0.5, 0.6) is 5.75 Å². The molecule has 0 atom stereocenters. The minimum atomic E-state index is -0.524. The first kappa shape index (κ1) is 21.3. The number of nitrogens with one attached hydrogen (secondary N) is 1. The van der Waals surface area contributed by atoms with Gasteiger partial charge in [0.2, 0.25) is 0 Å². The first-order valence-corrected chi connectivity index (χ1v) is 9.26. The fourth-order valence-electron chi connectivity index (χ4n) is 2.49. The molecule has 0 saturated carbocycles. The maximum atomic E-state index is 12.2. The Morgan fingerprint density at radius 1 is 1.11 bits per heavy atom. The van der Waals surface area contributed by atoms with Crippen LogP contribution in [0.4, 0.5) is 0 Å². The van der Waals surface area contributed by atoms with Crippen molar-refractivity contribution in [2.75, 3.05) is 13.7 Å². The van der Waals surface area contributed by atoms with Crippen LogP contribution in [0.15, 0.2) is 53.5 Å². The van der Waals surface area contributed by atoms with Gasteiger partial charge in [-0.15, -0.1) is 0 Å². The van der Waals surface area contributed by atoms with Gasteiger partial charge in [-0.25, -0.2) is 9.79 Å². The van der Waals surface area contributed by atoms with Gasteiger partial charge in [0.15, 0.2) is 5.96 Å². The zero-order valence-electron chi connectivity index (χ0n) is 17.0. The van der Waals surface area contributed by atoms with Crippen molar-refractivity contribution in [3.63, 3.8) is 0 Å². The lowest BCUT2D eigenvalue weighted by Crippen LogP contribution is -2.33. The lowest BCUT2D eigenvalue weighted by Gasteiger charge is -2.19. The van der Waals surface area contributed by atoms with E-state index < -0.39 is 5.60 Å². The summed E-state index contributed by atoms with van der Waals surface area (Å²) in [5.74, 6) is 0.867. The number of carbonyl (C=O) groups is 1. The molecule has 0 aromatic heterocycles. The molecule has 0 spiro atoms. The quantitative estimate of drug-likeness (QED) is 0.435. The van der Waals surface area contributed by atoms with Crippen molar-refractivity contribution in [2.24, 2.45) is 10.7 Å². The topological polar surface area (TPSA) is 85.9 Å². The van der Waals surface area contributed by atoms with Crippen LogP contribution in [0.25, 0.3) is 0 Å². The number of nitrogens with two attached hydrogens (primary N) is 1. The molecule has 6 heteroatoms. The van der Waals surface area contributed by atoms with Crippen LogP contribution >= 0.6 is 0 Å². The monoisotopic (exact) mass is 383 g/mol. The molecule has 28 heavy (non-hydrogen) atoms. The minimum absolute atomic E-state index is 0.344. The number of methoxy groups -OCH3 is 1. The summed E-state index contributed by atoms with van der Waals surface area (Å²) >= 11 is 0. The number of nitrogens with zero attached hydrogens (tertiary/aromatic N) is 1. The van der Waals surface area contributed by atoms with Crippen LogP contribution in [0, 0.1) is 0 Å². The van der Waals surface area contributed by atoms with Crippen molar-refractivity contribution in [2.45, 2.75) is 39.3 Å². The molecule has 0 fully saturated rings. The molecule has 0 amide bonds. The van der Waals surface area contributed by atoms with Crippen molar-refractivity contribution < 1.29 is 14.3 Å². The number of benzene rings is 2. The second-order valence-corrected chi connectivity index (χ2v) is 7.43. The Morgan fingerprint density at radius 3 is 2.46 bits per heavy atom. The highest BCUT2D eigenvalue weighted by Gasteiger charge is 2.17. The lowest BCUT2D eigenvalue weighted by molar-refractivity contribution is 0.00694. The van der Waals surface area contributed by atoms with E-state index in [2.05, 4.69) is 10.3 Å². The van der Waals surface area contributed by atoms with Gasteiger partial charge in [-0.2, -0.15) is 0 Å². The summed E-state index contributed by atoms with van der Waals surface area (Å²) in [6, 6.07) is 15.2. The molecule has 6 nitrogen and oxygen atoms in total. The van der Waals surface area contributed by atoms with Gasteiger partial charge in [-0.3, -0.25) is 0 Å². The van der Waals surface area contributed by atoms with E-state index in [0.717, 1.165) is 17.7 Å². The van der Waals surface area contributed by atoms with Crippen LogP contribution < -0.4 is 15.8 Å². The summed E-state index contributed by atoms with van der Waals surface area (Å²) in [7, 11) is 1.65. The van der Waals surface area contributed by atoms with Crippen LogP contribution in [0.3, 0.4) is 0 Å². The SMILES string of the molecule is COc1ccc(CCNC(N)=NCc2cccc(C(=O)OC(C)(C)C)c2)cc1. The number of carbonyl (C=O) groups excluding carboxylic acids is 1. The molecule has 0 aliphatic carbocycles. The molecule has 3 N–H and O–H groups in total. The maximum Gasteiger partial charge on any atom is 0.338 e. The zero-order valence-corrected chi connectivity index (χ0v) is 17.0. The van der Waals surface area contributed by atoms with Gasteiger partial charge >= 0.3 is 5.97 Å². The number of rotatable bonds is 7. The molecule has 0 heterocycles. The summed E-state index contributed by atoms with van der Waals surface area (Å²) < 4.78 is 10.5. The Morgan fingerprint density at radius 2 is 1.82 bits per heavy atom. The van der Waals surface area contributed by atoms with Gasteiger partial charge in [-0.1, -0.05) is 24.3 Å². The third-order valence-electron chi connectivity index (χ3n) is 3.87. The van der Waals surface area contributed by atoms with Gasteiger partial charge in [0.05, 0.1) is 19.2 Å². The maximum absolute atomic E-state index is 12.2. The van der Waals surface area contributed by atoms with Gasteiger partial charge in [0, 0.05) is 6.54 Å². The molecule has 0 unspecified atom stereocenters. The lowest BCUT2D eigenvalue weighted by atomic mass is 10.1. The van der Waals surface area contributed by atoms with Crippen molar-refractivity contribution >= 4 is 11.9 Å².